The smallest absolute Gasteiger partial charge is 0.164 e. The summed E-state index contributed by atoms with van der Waals surface area (Å²) in [4.78, 5) is 15.3. The third-order valence-electron chi connectivity index (χ3n) is 10.2. The number of hydrogen-bond donors (Lipinski definition) is 0. The molecule has 0 spiro atoms. The van der Waals surface area contributed by atoms with Crippen molar-refractivity contribution in [2.45, 2.75) is 19.3 Å². The molecule has 0 radical (unpaired) electrons. The maximum absolute atomic E-state index is 5.11. The van der Waals surface area contributed by atoms with Gasteiger partial charge in [-0.3, -0.25) is 0 Å². The predicted molar refractivity (Wildman–Crippen MR) is 210 cm³/mol. The highest BCUT2D eigenvalue weighted by molar-refractivity contribution is 5.93. The molecule has 0 bridgehead atoms. The van der Waals surface area contributed by atoms with Gasteiger partial charge in [-0.05, 0) is 61.7 Å². The molecule has 242 valence electrons. The molecule has 1 aliphatic rings. The third-order valence-corrected chi connectivity index (χ3v) is 10.2. The summed E-state index contributed by atoms with van der Waals surface area (Å²) in [5, 5.41) is 0. The van der Waals surface area contributed by atoms with Crippen LogP contribution in [0.3, 0.4) is 0 Å². The van der Waals surface area contributed by atoms with Gasteiger partial charge in [0.15, 0.2) is 17.5 Å². The Bertz CT molecular complexity index is 2420. The van der Waals surface area contributed by atoms with Gasteiger partial charge >= 0.3 is 0 Å². The standard InChI is InChI=1S/C48H35N3/c1-48(2)42-21-10-9-19-41(42)44-40(20-12-22-43(44)48)38-17-11-18-39(31-38)47-50-45(36-27-23-34(24-28-36)32-13-5-3-6-14-32)49-46(51-47)37-29-25-35(26-30-37)33-15-7-4-8-16-33/h3-31H,1-2H3. The zero-order valence-corrected chi connectivity index (χ0v) is 28.6. The number of nitrogens with zero attached hydrogens (tertiary/aromatic N) is 3. The lowest BCUT2D eigenvalue weighted by molar-refractivity contribution is 0.660. The van der Waals surface area contributed by atoms with Crippen LogP contribution in [0.2, 0.25) is 0 Å². The van der Waals surface area contributed by atoms with Gasteiger partial charge in [0.05, 0.1) is 0 Å². The Balaban J connectivity index is 1.16. The van der Waals surface area contributed by atoms with Gasteiger partial charge < -0.3 is 0 Å². The molecule has 0 unspecified atom stereocenters. The van der Waals surface area contributed by atoms with Crippen LogP contribution in [-0.2, 0) is 5.41 Å². The first-order valence-corrected chi connectivity index (χ1v) is 17.4. The zero-order valence-electron chi connectivity index (χ0n) is 28.6. The molecule has 0 fully saturated rings. The first-order valence-electron chi connectivity index (χ1n) is 17.4. The second kappa shape index (κ2) is 12.5. The Morgan fingerprint density at radius 1 is 0.314 bits per heavy atom. The third kappa shape index (κ3) is 5.53. The molecule has 1 aliphatic carbocycles. The van der Waals surface area contributed by atoms with Crippen molar-refractivity contribution < 1.29 is 0 Å². The fourth-order valence-electron chi connectivity index (χ4n) is 7.47. The summed E-state index contributed by atoms with van der Waals surface area (Å²) in [5.41, 5.74) is 15.1. The normalized spacial score (nSPS) is 12.7. The van der Waals surface area contributed by atoms with Crippen molar-refractivity contribution in [2.24, 2.45) is 0 Å². The molecule has 3 heteroatoms. The maximum atomic E-state index is 5.11. The van der Waals surface area contributed by atoms with E-state index in [0.29, 0.717) is 17.5 Å². The van der Waals surface area contributed by atoms with E-state index in [4.69, 9.17) is 15.0 Å². The minimum atomic E-state index is -0.0658. The highest BCUT2D eigenvalue weighted by Crippen LogP contribution is 2.52. The summed E-state index contributed by atoms with van der Waals surface area (Å²) in [6.45, 7) is 4.65. The number of rotatable bonds is 6. The van der Waals surface area contributed by atoms with Crippen molar-refractivity contribution in [3.63, 3.8) is 0 Å². The fourth-order valence-corrected chi connectivity index (χ4v) is 7.47. The first-order chi connectivity index (χ1) is 25.0. The number of benzene rings is 7. The fraction of sp³-hybridized carbons (Fsp3) is 0.0625. The van der Waals surface area contributed by atoms with Crippen LogP contribution in [-0.4, -0.2) is 15.0 Å². The quantitative estimate of drug-likeness (QED) is 0.179. The van der Waals surface area contributed by atoms with Crippen molar-refractivity contribution >= 4 is 0 Å². The van der Waals surface area contributed by atoms with Crippen molar-refractivity contribution in [1.29, 1.82) is 0 Å². The van der Waals surface area contributed by atoms with Gasteiger partial charge in [-0.25, -0.2) is 15.0 Å². The van der Waals surface area contributed by atoms with Crippen LogP contribution in [0.5, 0.6) is 0 Å². The van der Waals surface area contributed by atoms with Gasteiger partial charge in [-0.1, -0.05) is 184 Å². The highest BCUT2D eigenvalue weighted by atomic mass is 15.0. The molecule has 0 N–H and O–H groups in total. The minimum absolute atomic E-state index is 0.0658. The van der Waals surface area contributed by atoms with Gasteiger partial charge in [-0.15, -0.1) is 0 Å². The monoisotopic (exact) mass is 653 g/mol. The number of aromatic nitrogens is 3. The van der Waals surface area contributed by atoms with Crippen molar-refractivity contribution in [2.75, 3.05) is 0 Å². The summed E-state index contributed by atoms with van der Waals surface area (Å²) in [5.74, 6) is 1.93. The largest absolute Gasteiger partial charge is 0.208 e. The van der Waals surface area contributed by atoms with E-state index in [1.54, 1.807) is 0 Å². The van der Waals surface area contributed by atoms with E-state index in [9.17, 15) is 0 Å². The van der Waals surface area contributed by atoms with Gasteiger partial charge in [0.1, 0.15) is 0 Å². The Kier molecular flexibility index (Phi) is 7.48. The van der Waals surface area contributed by atoms with Crippen LogP contribution in [0.4, 0.5) is 0 Å². The van der Waals surface area contributed by atoms with Crippen LogP contribution in [0, 0.1) is 0 Å². The van der Waals surface area contributed by atoms with E-state index in [-0.39, 0.29) is 5.41 Å². The predicted octanol–water partition coefficient (Wildman–Crippen LogP) is 12.2. The van der Waals surface area contributed by atoms with Crippen LogP contribution in [0.25, 0.3) is 78.7 Å². The molecule has 1 heterocycles. The van der Waals surface area contributed by atoms with Crippen LogP contribution in [0.15, 0.2) is 176 Å². The molecule has 0 saturated heterocycles. The summed E-state index contributed by atoms with van der Waals surface area (Å²) in [7, 11) is 0. The van der Waals surface area contributed by atoms with Crippen molar-refractivity contribution in [1.82, 2.24) is 15.0 Å². The molecule has 0 amide bonds. The van der Waals surface area contributed by atoms with Gasteiger partial charge in [-0.2, -0.15) is 0 Å². The minimum Gasteiger partial charge on any atom is -0.208 e. The van der Waals surface area contributed by atoms with E-state index in [1.165, 1.54) is 38.9 Å². The molecule has 0 saturated carbocycles. The number of hydrogen-bond acceptors (Lipinski definition) is 3. The Morgan fingerprint density at radius 2 is 0.706 bits per heavy atom. The van der Waals surface area contributed by atoms with E-state index in [1.807, 2.05) is 12.1 Å². The molecular formula is C48H35N3. The van der Waals surface area contributed by atoms with Crippen LogP contribution < -0.4 is 0 Å². The highest BCUT2D eigenvalue weighted by Gasteiger charge is 2.36. The topological polar surface area (TPSA) is 38.7 Å². The lowest BCUT2D eigenvalue weighted by Gasteiger charge is -2.21. The summed E-state index contributed by atoms with van der Waals surface area (Å²) in [6, 6.07) is 62.0. The Hall–Kier alpha value is -6.45. The SMILES string of the molecule is CC1(C)c2ccccc2-c2c(-c3cccc(-c4nc(-c5ccc(-c6ccccc6)cc5)nc(-c5ccc(-c6ccccc6)cc5)n4)c3)cccc21. The Labute approximate surface area is 299 Å². The molecule has 51 heavy (non-hydrogen) atoms. The average molecular weight is 654 g/mol. The molecular weight excluding hydrogens is 619 g/mol. The summed E-state index contributed by atoms with van der Waals surface area (Å²) < 4.78 is 0. The van der Waals surface area contributed by atoms with Gasteiger partial charge in [0, 0.05) is 22.1 Å². The van der Waals surface area contributed by atoms with Crippen molar-refractivity contribution in [3.05, 3.63) is 187 Å². The average Bonchev–Trinajstić information content (AvgIpc) is 3.44. The van der Waals surface area contributed by atoms with E-state index < -0.39 is 0 Å². The van der Waals surface area contributed by atoms with Crippen LogP contribution >= 0.6 is 0 Å². The van der Waals surface area contributed by atoms with E-state index in [2.05, 4.69) is 178 Å². The van der Waals surface area contributed by atoms with Gasteiger partial charge in [0.2, 0.25) is 0 Å². The lowest BCUT2D eigenvalue weighted by atomic mass is 9.82. The van der Waals surface area contributed by atoms with E-state index in [0.717, 1.165) is 33.4 Å². The molecule has 0 atom stereocenters. The molecule has 7 aromatic carbocycles. The summed E-state index contributed by atoms with van der Waals surface area (Å²) in [6.07, 6.45) is 0. The molecule has 8 aromatic rings. The molecule has 9 rings (SSSR count). The second-order valence-corrected chi connectivity index (χ2v) is 13.7. The van der Waals surface area contributed by atoms with Gasteiger partial charge in [0.25, 0.3) is 0 Å². The second-order valence-electron chi connectivity index (χ2n) is 13.7. The maximum Gasteiger partial charge on any atom is 0.164 e. The molecule has 1 aromatic heterocycles. The molecule has 0 aliphatic heterocycles. The first kappa shape index (κ1) is 30.6. The summed E-state index contributed by atoms with van der Waals surface area (Å²) >= 11 is 0. The van der Waals surface area contributed by atoms with Crippen molar-refractivity contribution in [3.8, 4) is 78.7 Å². The Morgan fingerprint density at radius 3 is 1.29 bits per heavy atom. The van der Waals surface area contributed by atoms with E-state index >= 15 is 0 Å². The lowest BCUT2D eigenvalue weighted by Crippen LogP contribution is -2.14. The number of fused-ring (bicyclic) bond motifs is 3. The zero-order chi connectivity index (χ0) is 34.4. The molecule has 3 nitrogen and oxygen atoms in total. The van der Waals surface area contributed by atoms with Crippen LogP contribution in [0.1, 0.15) is 25.0 Å².